The van der Waals surface area contributed by atoms with E-state index in [1.165, 1.54) is 17.2 Å². The highest BCUT2D eigenvalue weighted by molar-refractivity contribution is 5.68. The van der Waals surface area contributed by atoms with Crippen LogP contribution in [0.25, 0.3) is 11.2 Å². The minimum atomic E-state index is -1.70. The van der Waals surface area contributed by atoms with Crippen molar-refractivity contribution in [1.29, 1.82) is 0 Å². The normalized spacial score (nSPS) is 33.5. The maximum Gasteiger partial charge on any atom is 0.278 e. The Balaban J connectivity index is 2.04. The van der Waals surface area contributed by atoms with Gasteiger partial charge < -0.3 is 25.0 Å². The molecule has 0 aromatic carbocycles. The summed E-state index contributed by atoms with van der Waals surface area (Å²) in [6, 6.07) is 0. The van der Waals surface area contributed by atoms with Crippen molar-refractivity contribution in [1.82, 2.24) is 19.5 Å². The molecule has 102 valence electrons. The third-order valence-electron chi connectivity index (χ3n) is 3.06. The molecule has 2 aromatic rings. The lowest BCUT2D eigenvalue weighted by Gasteiger charge is -2.16. The molecule has 1 aliphatic rings. The SMILES string of the molecule is [3H]C(O)[C@H]1O[C@@H](n2[14cH]nc3c(=O)[nH]cnc32)[C@H](O)[C@@H]1O. The van der Waals surface area contributed by atoms with Gasteiger partial charge in [-0.3, -0.25) is 9.36 Å². The molecule has 1 unspecified atom stereocenters. The van der Waals surface area contributed by atoms with Crippen LogP contribution in [0, 0.1) is 0 Å². The van der Waals surface area contributed by atoms with Crippen LogP contribution >= 0.6 is 0 Å². The summed E-state index contributed by atoms with van der Waals surface area (Å²) >= 11 is 0. The highest BCUT2D eigenvalue weighted by Gasteiger charge is 2.43. The number of rotatable bonds is 2. The maximum absolute atomic E-state index is 11.5. The molecule has 3 rings (SSSR count). The van der Waals surface area contributed by atoms with E-state index in [-0.39, 0.29) is 11.2 Å². The number of ether oxygens (including phenoxy) is 1. The summed E-state index contributed by atoms with van der Waals surface area (Å²) in [5.74, 6) is 0. The molecule has 0 saturated carbocycles. The van der Waals surface area contributed by atoms with Gasteiger partial charge in [0.25, 0.3) is 5.56 Å². The summed E-state index contributed by atoms with van der Waals surface area (Å²) in [5, 5.41) is 28.9. The first-order valence-corrected chi connectivity index (χ1v) is 5.53. The Morgan fingerprint density at radius 3 is 3.05 bits per heavy atom. The van der Waals surface area contributed by atoms with Crippen molar-refractivity contribution in [3.63, 3.8) is 0 Å². The number of H-pyrrole nitrogens is 1. The number of aromatic nitrogens is 4. The third-order valence-corrected chi connectivity index (χ3v) is 3.06. The van der Waals surface area contributed by atoms with Crippen molar-refractivity contribution in [2.45, 2.75) is 24.5 Å². The summed E-state index contributed by atoms with van der Waals surface area (Å²) in [4.78, 5) is 21.7. The molecule has 0 amide bonds. The molecular formula is C10H12N4O5. The van der Waals surface area contributed by atoms with Gasteiger partial charge in [0.1, 0.15) is 18.3 Å². The Bertz CT molecular complexity index is 686. The van der Waals surface area contributed by atoms with Crippen LogP contribution in [-0.2, 0) is 4.74 Å². The van der Waals surface area contributed by atoms with Crippen molar-refractivity contribution in [3.05, 3.63) is 23.0 Å². The zero-order valence-corrected chi connectivity index (χ0v) is 9.54. The van der Waals surface area contributed by atoms with Gasteiger partial charge in [-0.15, -0.1) is 0 Å². The third kappa shape index (κ3) is 1.75. The number of nitrogens with zero attached hydrogens (tertiary/aromatic N) is 3. The van der Waals surface area contributed by atoms with Crippen molar-refractivity contribution in [3.8, 4) is 0 Å². The summed E-state index contributed by atoms with van der Waals surface area (Å²) < 4.78 is 13.7. The van der Waals surface area contributed by atoms with Crippen molar-refractivity contribution in [2.24, 2.45) is 0 Å². The molecule has 0 spiro atoms. The van der Waals surface area contributed by atoms with Crippen molar-refractivity contribution < 1.29 is 21.4 Å². The fourth-order valence-electron chi connectivity index (χ4n) is 2.09. The van der Waals surface area contributed by atoms with Gasteiger partial charge >= 0.3 is 0 Å². The van der Waals surface area contributed by atoms with E-state index >= 15 is 0 Å². The Labute approximate surface area is 107 Å². The molecule has 9 nitrogen and oxygen atoms in total. The van der Waals surface area contributed by atoms with E-state index in [9.17, 15) is 20.1 Å². The smallest absolute Gasteiger partial charge is 0.278 e. The second kappa shape index (κ2) is 4.38. The fraction of sp³-hybridized carbons (Fsp3) is 0.500. The quantitative estimate of drug-likeness (QED) is 0.484. The number of nitrogens with one attached hydrogen (secondary N) is 1. The summed E-state index contributed by atoms with van der Waals surface area (Å²) in [6.07, 6.45) is -2.72. The molecule has 4 N–H and O–H groups in total. The number of imidazole rings is 1. The van der Waals surface area contributed by atoms with Gasteiger partial charge in [0.05, 0.1) is 20.6 Å². The molecule has 0 bridgehead atoms. The number of hydrogen-bond donors (Lipinski definition) is 4. The Hall–Kier alpha value is -1.81. The monoisotopic (exact) mass is 272 g/mol. The van der Waals surface area contributed by atoms with Crippen LogP contribution in [0.5, 0.6) is 0 Å². The summed E-state index contributed by atoms with van der Waals surface area (Å²) in [5.41, 5.74) is -0.211. The van der Waals surface area contributed by atoms with Crippen LogP contribution in [0.3, 0.4) is 0 Å². The highest BCUT2D eigenvalue weighted by Crippen LogP contribution is 2.30. The Kier molecular flexibility index (Phi) is 2.55. The summed E-state index contributed by atoms with van der Waals surface area (Å²) in [6.45, 7) is -1.70. The van der Waals surface area contributed by atoms with Gasteiger partial charge in [-0.1, -0.05) is 0 Å². The molecule has 1 saturated heterocycles. The van der Waals surface area contributed by atoms with Gasteiger partial charge in [0.2, 0.25) is 0 Å². The molecule has 2 aromatic heterocycles. The predicted molar refractivity (Wildman–Crippen MR) is 61.2 cm³/mol. The second-order valence-electron chi connectivity index (χ2n) is 4.18. The Morgan fingerprint density at radius 1 is 1.58 bits per heavy atom. The topological polar surface area (TPSA) is 133 Å². The fourth-order valence-corrected chi connectivity index (χ4v) is 2.09. The lowest BCUT2D eigenvalue weighted by Crippen LogP contribution is -2.33. The van der Waals surface area contributed by atoms with Crippen molar-refractivity contribution in [2.75, 3.05) is 6.58 Å². The molecule has 5 atom stereocenters. The van der Waals surface area contributed by atoms with Crippen LogP contribution in [0.1, 0.15) is 7.60 Å². The minimum Gasteiger partial charge on any atom is -0.394 e. The van der Waals surface area contributed by atoms with Gasteiger partial charge in [-0.2, -0.15) is 0 Å². The zero-order valence-electron chi connectivity index (χ0n) is 10.5. The average Bonchev–Trinajstić information content (AvgIpc) is 2.94. The van der Waals surface area contributed by atoms with E-state index in [4.69, 9.17) is 6.11 Å². The predicted octanol–water partition coefficient (Wildman–Crippen LogP) is -2.27. The van der Waals surface area contributed by atoms with Gasteiger partial charge in [0, 0.05) is 0 Å². The molecule has 1 fully saturated rings. The van der Waals surface area contributed by atoms with Crippen molar-refractivity contribution >= 4 is 11.2 Å². The molecule has 3 heterocycles. The first-order chi connectivity index (χ1) is 9.50. The van der Waals surface area contributed by atoms with Crippen LogP contribution in [0.2, 0.25) is 0 Å². The number of fused-ring (bicyclic) bond motifs is 1. The first-order valence-electron chi connectivity index (χ1n) is 6.10. The van der Waals surface area contributed by atoms with Gasteiger partial charge in [0.15, 0.2) is 17.4 Å². The van der Waals surface area contributed by atoms with Crippen LogP contribution in [0.4, 0.5) is 0 Å². The maximum atomic E-state index is 11.5. The highest BCUT2D eigenvalue weighted by atomic mass is 16.6. The van der Waals surface area contributed by atoms with Gasteiger partial charge in [-0.05, 0) is 0 Å². The van der Waals surface area contributed by atoms with Gasteiger partial charge in [-0.25, -0.2) is 9.97 Å². The Morgan fingerprint density at radius 2 is 2.37 bits per heavy atom. The second-order valence-corrected chi connectivity index (χ2v) is 4.18. The van der Waals surface area contributed by atoms with E-state index in [0.29, 0.717) is 0 Å². The first kappa shape index (κ1) is 11.1. The lowest BCUT2D eigenvalue weighted by molar-refractivity contribution is -0.0511. The molecule has 1 aliphatic heterocycles. The van der Waals surface area contributed by atoms with E-state index in [2.05, 4.69) is 15.0 Å². The molecular weight excluding hydrogens is 258 g/mol. The lowest BCUT2D eigenvalue weighted by atomic mass is 10.1. The largest absolute Gasteiger partial charge is 0.394 e. The molecule has 9 heteroatoms. The number of aromatic amines is 1. The molecule has 0 aliphatic carbocycles. The van der Waals surface area contributed by atoms with E-state index in [0.717, 1.165) is 0 Å². The van der Waals surface area contributed by atoms with Crippen LogP contribution < -0.4 is 5.56 Å². The number of aliphatic hydroxyl groups excluding tert-OH is 3. The standard InChI is InChI=1S/C10H12N4O5/c15-1-4-6(16)7(17)10(19-4)14-3-13-5-8(14)11-2-12-9(5)18/h2-4,6-7,10,15-17H,1H2,(H,11,12,18)/t4-,6-,7-,10-/m1/s1/i1T,3+2/t1?,4-,6-,7-,10-. The van der Waals surface area contributed by atoms with E-state index in [1.54, 1.807) is 0 Å². The number of hydrogen-bond acceptors (Lipinski definition) is 7. The number of aliphatic hydroxyl groups is 3. The zero-order chi connectivity index (χ0) is 14.4. The summed E-state index contributed by atoms with van der Waals surface area (Å²) in [7, 11) is 0. The van der Waals surface area contributed by atoms with E-state index in [1.807, 2.05) is 0 Å². The minimum absolute atomic E-state index is 0.0626. The molecule has 0 radical (unpaired) electrons. The van der Waals surface area contributed by atoms with Crippen LogP contribution in [-0.4, -0.2) is 59.7 Å². The molecule has 19 heavy (non-hydrogen) atoms. The van der Waals surface area contributed by atoms with Crippen LogP contribution in [0.15, 0.2) is 17.4 Å². The average molecular weight is 272 g/mol. The van der Waals surface area contributed by atoms with E-state index < -0.39 is 36.7 Å².